The van der Waals surface area contributed by atoms with E-state index >= 15 is 0 Å². The van der Waals surface area contributed by atoms with Crippen LogP contribution in [0.2, 0.25) is 5.02 Å². The molecule has 3 N–H and O–H groups in total. The second-order valence-electron chi connectivity index (χ2n) is 5.02. The van der Waals surface area contributed by atoms with Crippen LogP contribution in [-0.2, 0) is 4.79 Å². The summed E-state index contributed by atoms with van der Waals surface area (Å²) in [5.74, 6) is 0.273. The maximum atomic E-state index is 11.8. The van der Waals surface area contributed by atoms with Gasteiger partial charge in [-0.2, -0.15) is 0 Å². The van der Waals surface area contributed by atoms with Gasteiger partial charge in [0, 0.05) is 23.0 Å². The molecule has 0 spiro atoms. The van der Waals surface area contributed by atoms with Crippen molar-refractivity contribution in [1.82, 2.24) is 10.6 Å². The fourth-order valence-corrected chi connectivity index (χ4v) is 2.95. The van der Waals surface area contributed by atoms with Gasteiger partial charge in [-0.25, -0.2) is 0 Å². The van der Waals surface area contributed by atoms with Crippen LogP contribution in [0.4, 0.5) is 0 Å². The molecule has 1 aromatic rings. The molecule has 0 aliphatic carbocycles. The first-order valence-corrected chi connectivity index (χ1v) is 8.02. The lowest BCUT2D eigenvalue weighted by Crippen LogP contribution is -2.53. The lowest BCUT2D eigenvalue weighted by molar-refractivity contribution is -0.120. The molecule has 2 rings (SSSR count). The number of β-amino-alcohol motifs (C(OH)–C–C–N with tert-alkyl or cyclic N) is 1. The van der Waals surface area contributed by atoms with Crippen LogP contribution >= 0.6 is 23.4 Å². The second-order valence-corrected chi connectivity index (χ2v) is 6.51. The van der Waals surface area contributed by atoms with Gasteiger partial charge in [-0.3, -0.25) is 4.79 Å². The zero-order valence-corrected chi connectivity index (χ0v) is 12.8. The molecule has 1 atom stereocenters. The number of halogens is 1. The van der Waals surface area contributed by atoms with Crippen molar-refractivity contribution in [1.29, 1.82) is 0 Å². The van der Waals surface area contributed by atoms with E-state index < -0.39 is 5.60 Å². The number of benzene rings is 1. The standard InChI is InChI=1S/C14H19ClN2O2S/c15-11-2-4-12(5-3-11)20-8-13(18)17-10-14(19)6-1-7-16-9-14/h2-5,16,19H,1,6-10H2,(H,17,18)/t14-/m0/s1. The van der Waals surface area contributed by atoms with Gasteiger partial charge in [0.05, 0.1) is 11.4 Å². The normalized spacial score (nSPS) is 22.5. The molecule has 110 valence electrons. The molecule has 0 unspecified atom stereocenters. The van der Waals surface area contributed by atoms with E-state index in [1.54, 1.807) is 12.1 Å². The average molecular weight is 315 g/mol. The van der Waals surface area contributed by atoms with Crippen molar-refractivity contribution >= 4 is 29.3 Å². The number of amides is 1. The molecule has 1 heterocycles. The third-order valence-corrected chi connectivity index (χ3v) is 4.51. The van der Waals surface area contributed by atoms with Crippen molar-refractivity contribution in [2.75, 3.05) is 25.4 Å². The molecule has 6 heteroatoms. The molecule has 1 aliphatic rings. The van der Waals surface area contributed by atoms with Crippen LogP contribution in [0.1, 0.15) is 12.8 Å². The molecule has 1 aliphatic heterocycles. The highest BCUT2D eigenvalue weighted by atomic mass is 35.5. The lowest BCUT2D eigenvalue weighted by Gasteiger charge is -2.32. The average Bonchev–Trinajstić information content (AvgIpc) is 2.45. The molecule has 0 aromatic heterocycles. The minimum Gasteiger partial charge on any atom is -0.387 e. The number of carbonyl (C=O) groups excluding carboxylic acids is 1. The monoisotopic (exact) mass is 314 g/mol. The molecule has 1 saturated heterocycles. The van der Waals surface area contributed by atoms with E-state index in [2.05, 4.69) is 10.6 Å². The molecular weight excluding hydrogens is 296 g/mol. The molecule has 4 nitrogen and oxygen atoms in total. The van der Waals surface area contributed by atoms with E-state index in [1.165, 1.54) is 11.8 Å². The SMILES string of the molecule is O=C(CSc1ccc(Cl)cc1)NC[C@]1(O)CCCNC1. The first kappa shape index (κ1) is 15.6. The molecule has 1 aromatic carbocycles. The van der Waals surface area contributed by atoms with Gasteiger partial charge in [0.15, 0.2) is 0 Å². The predicted octanol–water partition coefficient (Wildman–Crippen LogP) is 1.66. The zero-order valence-electron chi connectivity index (χ0n) is 11.2. The largest absolute Gasteiger partial charge is 0.387 e. The summed E-state index contributed by atoms with van der Waals surface area (Å²) in [5.41, 5.74) is -0.807. The van der Waals surface area contributed by atoms with Crippen molar-refractivity contribution in [3.05, 3.63) is 29.3 Å². The summed E-state index contributed by atoms with van der Waals surface area (Å²) in [5, 5.41) is 16.9. The molecule has 1 amide bonds. The van der Waals surface area contributed by atoms with Crippen LogP contribution in [-0.4, -0.2) is 42.0 Å². The summed E-state index contributed by atoms with van der Waals surface area (Å²) in [6, 6.07) is 7.38. The Balaban J connectivity index is 1.71. The Bertz CT molecular complexity index is 447. The summed E-state index contributed by atoms with van der Waals surface area (Å²) in [7, 11) is 0. The minimum absolute atomic E-state index is 0.0658. The maximum absolute atomic E-state index is 11.8. The Morgan fingerprint density at radius 1 is 1.45 bits per heavy atom. The van der Waals surface area contributed by atoms with Gasteiger partial charge in [0.1, 0.15) is 0 Å². The molecule has 20 heavy (non-hydrogen) atoms. The summed E-state index contributed by atoms with van der Waals surface area (Å²) >= 11 is 7.26. The number of hydrogen-bond donors (Lipinski definition) is 3. The highest BCUT2D eigenvalue weighted by Gasteiger charge is 2.29. The van der Waals surface area contributed by atoms with E-state index in [0.717, 1.165) is 24.3 Å². The smallest absolute Gasteiger partial charge is 0.230 e. The Hall–Kier alpha value is -0.750. The van der Waals surface area contributed by atoms with E-state index in [-0.39, 0.29) is 5.91 Å². The topological polar surface area (TPSA) is 61.4 Å². The number of carbonyl (C=O) groups is 1. The number of piperidine rings is 1. The molecule has 1 fully saturated rings. The highest BCUT2D eigenvalue weighted by molar-refractivity contribution is 8.00. The minimum atomic E-state index is -0.807. The number of thioether (sulfide) groups is 1. The third kappa shape index (κ3) is 4.98. The first-order valence-electron chi connectivity index (χ1n) is 6.66. The van der Waals surface area contributed by atoms with Gasteiger partial charge in [-0.15, -0.1) is 11.8 Å². The Morgan fingerprint density at radius 3 is 2.85 bits per heavy atom. The second kappa shape index (κ2) is 7.31. The van der Waals surface area contributed by atoms with Crippen LogP contribution in [0, 0.1) is 0 Å². The van der Waals surface area contributed by atoms with Crippen molar-refractivity contribution in [3.63, 3.8) is 0 Å². The maximum Gasteiger partial charge on any atom is 0.230 e. The summed E-state index contributed by atoms with van der Waals surface area (Å²) in [6.07, 6.45) is 1.66. The van der Waals surface area contributed by atoms with Gasteiger partial charge in [0.2, 0.25) is 5.91 Å². The molecule has 0 saturated carbocycles. The van der Waals surface area contributed by atoms with Crippen molar-refractivity contribution < 1.29 is 9.90 Å². The van der Waals surface area contributed by atoms with Crippen LogP contribution in [0.15, 0.2) is 29.2 Å². The van der Waals surface area contributed by atoms with Gasteiger partial charge in [-0.05, 0) is 43.7 Å². The molecular formula is C14H19ClN2O2S. The van der Waals surface area contributed by atoms with E-state index in [9.17, 15) is 9.90 Å². The fourth-order valence-electron chi connectivity index (χ4n) is 2.10. The Labute approximate surface area is 128 Å². The quantitative estimate of drug-likeness (QED) is 0.724. The first-order chi connectivity index (χ1) is 9.57. The summed E-state index contributed by atoms with van der Waals surface area (Å²) in [4.78, 5) is 12.8. The van der Waals surface area contributed by atoms with E-state index in [1.807, 2.05) is 12.1 Å². The van der Waals surface area contributed by atoms with E-state index in [0.29, 0.717) is 23.9 Å². The van der Waals surface area contributed by atoms with Crippen LogP contribution in [0.5, 0.6) is 0 Å². The number of aliphatic hydroxyl groups is 1. The molecule has 0 bridgehead atoms. The highest BCUT2D eigenvalue weighted by Crippen LogP contribution is 2.20. The zero-order chi connectivity index (χ0) is 14.4. The third-order valence-electron chi connectivity index (χ3n) is 3.25. The van der Waals surface area contributed by atoms with Crippen LogP contribution in [0.3, 0.4) is 0 Å². The van der Waals surface area contributed by atoms with Gasteiger partial charge >= 0.3 is 0 Å². The Kier molecular flexibility index (Phi) is 5.72. The lowest BCUT2D eigenvalue weighted by atomic mass is 9.94. The summed E-state index contributed by atoms with van der Waals surface area (Å²) < 4.78 is 0. The van der Waals surface area contributed by atoms with Crippen LogP contribution in [0.25, 0.3) is 0 Å². The fraction of sp³-hybridized carbons (Fsp3) is 0.500. The van der Waals surface area contributed by atoms with E-state index in [4.69, 9.17) is 11.6 Å². The predicted molar refractivity (Wildman–Crippen MR) is 82.2 cm³/mol. The molecule has 0 radical (unpaired) electrons. The summed E-state index contributed by atoms with van der Waals surface area (Å²) in [6.45, 7) is 1.78. The number of nitrogens with one attached hydrogen (secondary N) is 2. The Morgan fingerprint density at radius 2 is 2.20 bits per heavy atom. The van der Waals surface area contributed by atoms with Crippen molar-refractivity contribution in [2.24, 2.45) is 0 Å². The van der Waals surface area contributed by atoms with Crippen LogP contribution < -0.4 is 10.6 Å². The van der Waals surface area contributed by atoms with Gasteiger partial charge in [0.25, 0.3) is 0 Å². The number of rotatable bonds is 5. The van der Waals surface area contributed by atoms with Crippen molar-refractivity contribution in [2.45, 2.75) is 23.3 Å². The van der Waals surface area contributed by atoms with Gasteiger partial charge < -0.3 is 15.7 Å². The van der Waals surface area contributed by atoms with Gasteiger partial charge in [-0.1, -0.05) is 11.6 Å². The van der Waals surface area contributed by atoms with Crippen molar-refractivity contribution in [3.8, 4) is 0 Å². The number of hydrogen-bond acceptors (Lipinski definition) is 4.